The lowest BCUT2D eigenvalue weighted by Gasteiger charge is -2.15. The highest BCUT2D eigenvalue weighted by Gasteiger charge is 2.29. The van der Waals surface area contributed by atoms with E-state index in [1.807, 2.05) is 24.1 Å². The molecule has 6 nitrogen and oxygen atoms in total. The molecule has 0 aliphatic carbocycles. The third kappa shape index (κ3) is 3.30. The van der Waals surface area contributed by atoms with Gasteiger partial charge in [-0.2, -0.15) is 5.10 Å². The molecule has 1 atom stereocenters. The fraction of sp³-hybridized carbons (Fsp3) is 0.467. The average molecular weight is 321 g/mol. The fourth-order valence-corrected chi connectivity index (χ4v) is 4.40. The van der Waals surface area contributed by atoms with Gasteiger partial charge in [0, 0.05) is 30.3 Å². The van der Waals surface area contributed by atoms with Crippen LogP contribution in [-0.4, -0.2) is 44.1 Å². The van der Waals surface area contributed by atoms with Gasteiger partial charge in [-0.1, -0.05) is 0 Å². The molecule has 22 heavy (non-hydrogen) atoms. The summed E-state index contributed by atoms with van der Waals surface area (Å²) in [4.78, 5) is 12.1. The van der Waals surface area contributed by atoms with Gasteiger partial charge in [0.25, 0.3) is 5.91 Å². The first kappa shape index (κ1) is 15.0. The summed E-state index contributed by atoms with van der Waals surface area (Å²) >= 11 is 0. The largest absolute Gasteiger partial charge is 0.348 e. The number of hydrogen-bond donors (Lipinski definition) is 1. The molecule has 3 rings (SSSR count). The Labute approximate surface area is 130 Å². The van der Waals surface area contributed by atoms with Crippen LogP contribution in [0.15, 0.2) is 29.4 Å². The van der Waals surface area contributed by atoms with E-state index in [-0.39, 0.29) is 23.5 Å². The minimum Gasteiger partial charge on any atom is -0.348 e. The van der Waals surface area contributed by atoms with Gasteiger partial charge in [0.05, 0.1) is 17.2 Å². The van der Waals surface area contributed by atoms with Gasteiger partial charge >= 0.3 is 0 Å². The highest BCUT2D eigenvalue weighted by molar-refractivity contribution is 7.91. The van der Waals surface area contributed by atoms with Crippen LogP contribution in [0.1, 0.15) is 30.1 Å². The molecule has 0 spiro atoms. The number of nitrogens with one attached hydrogen (secondary N) is 1. The van der Waals surface area contributed by atoms with Crippen LogP contribution < -0.4 is 10.3 Å². The Bertz CT molecular complexity index is 710. The number of amides is 1. The van der Waals surface area contributed by atoms with E-state index in [0.29, 0.717) is 12.0 Å². The van der Waals surface area contributed by atoms with Crippen LogP contribution in [0, 0.1) is 0 Å². The van der Waals surface area contributed by atoms with Gasteiger partial charge in [0.2, 0.25) is 0 Å². The molecule has 118 valence electrons. The maximum atomic E-state index is 12.1. The molecular weight excluding hydrogens is 302 g/mol. The summed E-state index contributed by atoms with van der Waals surface area (Å²) in [5.41, 5.74) is 2.59. The van der Waals surface area contributed by atoms with Gasteiger partial charge in [-0.3, -0.25) is 9.80 Å². The number of rotatable bonds is 3. The van der Waals surface area contributed by atoms with Crippen molar-refractivity contribution in [3.63, 3.8) is 0 Å². The van der Waals surface area contributed by atoms with Crippen molar-refractivity contribution in [1.29, 1.82) is 0 Å². The molecule has 1 aromatic rings. The minimum atomic E-state index is -2.98. The molecule has 2 aliphatic heterocycles. The third-order valence-corrected chi connectivity index (χ3v) is 5.74. The van der Waals surface area contributed by atoms with Gasteiger partial charge < -0.3 is 5.32 Å². The number of benzene rings is 1. The topological polar surface area (TPSA) is 78.8 Å². The lowest BCUT2D eigenvalue weighted by molar-refractivity contribution is 0.0941. The normalized spacial score (nSPS) is 23.4. The van der Waals surface area contributed by atoms with Crippen molar-refractivity contribution in [1.82, 2.24) is 5.32 Å². The fourth-order valence-electron chi connectivity index (χ4n) is 2.72. The molecule has 2 heterocycles. The summed E-state index contributed by atoms with van der Waals surface area (Å²) in [5, 5.41) is 9.12. The van der Waals surface area contributed by atoms with Crippen molar-refractivity contribution in [3.05, 3.63) is 29.8 Å². The van der Waals surface area contributed by atoms with Crippen LogP contribution in [0.2, 0.25) is 0 Å². The zero-order valence-electron chi connectivity index (χ0n) is 12.4. The van der Waals surface area contributed by atoms with Gasteiger partial charge in [-0.15, -0.1) is 0 Å². The Balaban J connectivity index is 1.64. The van der Waals surface area contributed by atoms with Crippen LogP contribution in [0.25, 0.3) is 0 Å². The second-order valence-corrected chi connectivity index (χ2v) is 8.06. The standard InChI is InChI=1S/C15H19N3O3S/c1-11-6-8-18(17-11)14-4-2-12(3-5-14)15(19)16-13-7-9-22(20,21)10-13/h2-5,13H,6-10H2,1H3,(H,16,19)/t13-/m0/s1. The number of hydrazone groups is 1. The number of carbonyl (C=O) groups excluding carboxylic acids is 1. The van der Waals surface area contributed by atoms with Crippen LogP contribution in [0.3, 0.4) is 0 Å². The van der Waals surface area contributed by atoms with Gasteiger partial charge in [-0.25, -0.2) is 8.42 Å². The van der Waals surface area contributed by atoms with Crippen LogP contribution in [0.4, 0.5) is 5.69 Å². The van der Waals surface area contributed by atoms with Crippen molar-refractivity contribution >= 4 is 27.1 Å². The molecule has 0 saturated carbocycles. The second-order valence-electron chi connectivity index (χ2n) is 5.83. The molecule has 1 saturated heterocycles. The maximum Gasteiger partial charge on any atom is 0.251 e. The SMILES string of the molecule is CC1=NN(c2ccc(C(=O)N[C@H]3CCS(=O)(=O)C3)cc2)CC1. The zero-order chi connectivity index (χ0) is 15.7. The van der Waals surface area contributed by atoms with Gasteiger partial charge in [0.1, 0.15) is 0 Å². The van der Waals surface area contributed by atoms with E-state index in [4.69, 9.17) is 0 Å². The molecular formula is C15H19N3O3S. The molecule has 0 radical (unpaired) electrons. The predicted octanol–water partition coefficient (Wildman–Crippen LogP) is 1.19. The number of anilines is 1. The molecule has 0 unspecified atom stereocenters. The van der Waals surface area contributed by atoms with Crippen molar-refractivity contribution in [2.24, 2.45) is 5.10 Å². The Morgan fingerprint density at radius 3 is 2.59 bits per heavy atom. The molecule has 1 aromatic carbocycles. The summed E-state index contributed by atoms with van der Waals surface area (Å²) < 4.78 is 22.8. The monoisotopic (exact) mass is 321 g/mol. The third-order valence-electron chi connectivity index (χ3n) is 3.97. The van der Waals surface area contributed by atoms with Gasteiger partial charge in [0.15, 0.2) is 9.84 Å². The van der Waals surface area contributed by atoms with Crippen molar-refractivity contribution in [3.8, 4) is 0 Å². The minimum absolute atomic E-state index is 0.0403. The lowest BCUT2D eigenvalue weighted by atomic mass is 10.1. The summed E-state index contributed by atoms with van der Waals surface area (Å²) in [6, 6.07) is 6.95. The Morgan fingerprint density at radius 1 is 1.32 bits per heavy atom. The van der Waals surface area contributed by atoms with E-state index in [1.54, 1.807) is 12.1 Å². The Morgan fingerprint density at radius 2 is 2.05 bits per heavy atom. The Kier molecular flexibility index (Phi) is 3.90. The van der Waals surface area contributed by atoms with E-state index in [0.717, 1.165) is 24.4 Å². The van der Waals surface area contributed by atoms with Crippen LogP contribution in [-0.2, 0) is 9.84 Å². The van der Waals surface area contributed by atoms with E-state index < -0.39 is 9.84 Å². The lowest BCUT2D eigenvalue weighted by Crippen LogP contribution is -2.35. The molecule has 1 fully saturated rings. The number of sulfone groups is 1. The Hall–Kier alpha value is -1.89. The van der Waals surface area contributed by atoms with Crippen LogP contribution in [0.5, 0.6) is 0 Å². The van der Waals surface area contributed by atoms with Crippen LogP contribution >= 0.6 is 0 Å². The highest BCUT2D eigenvalue weighted by Crippen LogP contribution is 2.20. The molecule has 2 aliphatic rings. The summed E-state index contributed by atoms with van der Waals surface area (Å²) in [6.45, 7) is 2.86. The summed E-state index contributed by atoms with van der Waals surface area (Å²) in [6.07, 6.45) is 1.45. The van der Waals surface area contributed by atoms with E-state index in [9.17, 15) is 13.2 Å². The molecule has 7 heteroatoms. The number of carbonyl (C=O) groups is 1. The first-order valence-electron chi connectivity index (χ1n) is 7.36. The van der Waals surface area contributed by atoms with E-state index >= 15 is 0 Å². The van der Waals surface area contributed by atoms with Crippen molar-refractivity contribution in [2.75, 3.05) is 23.1 Å². The predicted molar refractivity (Wildman–Crippen MR) is 86.0 cm³/mol. The zero-order valence-corrected chi connectivity index (χ0v) is 13.3. The molecule has 0 bridgehead atoms. The molecule has 1 amide bonds. The summed E-state index contributed by atoms with van der Waals surface area (Å²) in [5.74, 6) is -0.0309. The number of hydrogen-bond acceptors (Lipinski definition) is 5. The highest BCUT2D eigenvalue weighted by atomic mass is 32.2. The van der Waals surface area contributed by atoms with E-state index in [1.165, 1.54) is 0 Å². The van der Waals surface area contributed by atoms with Crippen molar-refractivity contribution < 1.29 is 13.2 Å². The van der Waals surface area contributed by atoms with Gasteiger partial charge in [-0.05, 0) is 37.6 Å². The molecule has 0 aromatic heterocycles. The summed E-state index contributed by atoms with van der Waals surface area (Å²) in [7, 11) is -2.98. The van der Waals surface area contributed by atoms with E-state index in [2.05, 4.69) is 10.4 Å². The first-order chi connectivity index (χ1) is 10.4. The average Bonchev–Trinajstić information content (AvgIpc) is 3.05. The number of nitrogens with zero attached hydrogens (tertiary/aromatic N) is 2. The first-order valence-corrected chi connectivity index (χ1v) is 9.18. The molecule has 1 N–H and O–H groups in total. The smallest absolute Gasteiger partial charge is 0.251 e. The second kappa shape index (κ2) is 5.72. The maximum absolute atomic E-state index is 12.1. The quantitative estimate of drug-likeness (QED) is 0.907. The van der Waals surface area contributed by atoms with Crippen molar-refractivity contribution in [2.45, 2.75) is 25.8 Å².